The van der Waals surface area contributed by atoms with Crippen LogP contribution in [0.4, 0.5) is 0 Å². The van der Waals surface area contributed by atoms with Crippen LogP contribution in [-0.2, 0) is 0 Å². The number of hydrogen-bond donors (Lipinski definition) is 0. The lowest BCUT2D eigenvalue weighted by molar-refractivity contribution is 0.0989. The summed E-state index contributed by atoms with van der Waals surface area (Å²) >= 11 is 1.19. The quantitative estimate of drug-likeness (QED) is 0.774. The SMILES string of the molecule is O=C(CCSC(=O)c1ccccc1)c1ccccc1. The molecular formula is C16H14O2S. The summed E-state index contributed by atoms with van der Waals surface area (Å²) in [7, 11) is 0. The molecule has 0 aromatic heterocycles. The molecule has 96 valence electrons. The second-order valence-corrected chi connectivity index (χ2v) is 5.11. The van der Waals surface area contributed by atoms with Crippen molar-refractivity contribution < 1.29 is 9.59 Å². The van der Waals surface area contributed by atoms with E-state index in [0.717, 1.165) is 0 Å². The van der Waals surface area contributed by atoms with Gasteiger partial charge in [0.15, 0.2) is 5.78 Å². The van der Waals surface area contributed by atoms with Crippen LogP contribution in [0.2, 0.25) is 0 Å². The van der Waals surface area contributed by atoms with Gasteiger partial charge in [-0.2, -0.15) is 0 Å². The van der Waals surface area contributed by atoms with Crippen LogP contribution in [0.15, 0.2) is 60.7 Å². The highest BCUT2D eigenvalue weighted by Gasteiger charge is 2.09. The molecule has 3 heteroatoms. The van der Waals surface area contributed by atoms with Crippen LogP contribution < -0.4 is 0 Å². The number of rotatable bonds is 5. The summed E-state index contributed by atoms with van der Waals surface area (Å²) in [4.78, 5) is 23.7. The molecule has 0 aliphatic carbocycles. The molecule has 2 aromatic carbocycles. The number of benzene rings is 2. The molecule has 2 aromatic rings. The van der Waals surface area contributed by atoms with Gasteiger partial charge in [0, 0.05) is 23.3 Å². The predicted octanol–water partition coefficient (Wildman–Crippen LogP) is 3.83. The monoisotopic (exact) mass is 270 g/mol. The molecule has 0 atom stereocenters. The minimum atomic E-state index is 0.0152. The number of hydrogen-bond acceptors (Lipinski definition) is 3. The zero-order chi connectivity index (χ0) is 13.5. The van der Waals surface area contributed by atoms with Gasteiger partial charge in [-0.25, -0.2) is 0 Å². The Kier molecular flexibility index (Phi) is 4.93. The van der Waals surface area contributed by atoms with Crippen LogP contribution >= 0.6 is 11.8 Å². The number of carbonyl (C=O) groups is 2. The molecule has 0 radical (unpaired) electrons. The van der Waals surface area contributed by atoms with Crippen LogP contribution in [0.5, 0.6) is 0 Å². The molecule has 0 N–H and O–H groups in total. The first-order valence-electron chi connectivity index (χ1n) is 6.08. The zero-order valence-corrected chi connectivity index (χ0v) is 11.2. The first kappa shape index (κ1) is 13.6. The lowest BCUT2D eigenvalue weighted by Crippen LogP contribution is -2.02. The molecule has 0 fully saturated rings. The number of ketones is 1. The lowest BCUT2D eigenvalue weighted by atomic mass is 10.1. The Morgan fingerprint density at radius 3 is 1.89 bits per heavy atom. The van der Waals surface area contributed by atoms with Gasteiger partial charge in [0.05, 0.1) is 0 Å². The molecule has 0 saturated carbocycles. The van der Waals surface area contributed by atoms with Gasteiger partial charge < -0.3 is 0 Å². The molecule has 0 aliphatic heterocycles. The van der Waals surface area contributed by atoms with Crippen LogP contribution in [0, 0.1) is 0 Å². The van der Waals surface area contributed by atoms with E-state index in [1.807, 2.05) is 36.4 Å². The Labute approximate surface area is 116 Å². The van der Waals surface area contributed by atoms with Crippen molar-refractivity contribution in [2.45, 2.75) is 6.42 Å². The van der Waals surface area contributed by atoms with Crippen molar-refractivity contribution in [1.29, 1.82) is 0 Å². The summed E-state index contributed by atoms with van der Waals surface area (Å²) in [6, 6.07) is 18.3. The van der Waals surface area contributed by atoms with Crippen molar-refractivity contribution in [3.05, 3.63) is 71.8 Å². The van der Waals surface area contributed by atoms with E-state index in [2.05, 4.69) is 0 Å². The summed E-state index contributed by atoms with van der Waals surface area (Å²) in [6.45, 7) is 0. The average molecular weight is 270 g/mol. The van der Waals surface area contributed by atoms with E-state index < -0.39 is 0 Å². The van der Waals surface area contributed by atoms with E-state index in [1.54, 1.807) is 24.3 Å². The molecule has 2 rings (SSSR count). The molecule has 2 nitrogen and oxygen atoms in total. The van der Waals surface area contributed by atoms with Gasteiger partial charge in [0.25, 0.3) is 0 Å². The Bertz CT molecular complexity index is 498. The molecule has 0 amide bonds. The van der Waals surface area contributed by atoms with Crippen LogP contribution in [0.25, 0.3) is 0 Å². The summed E-state index contributed by atoms with van der Waals surface area (Å²) in [6.07, 6.45) is 0.382. The van der Waals surface area contributed by atoms with Crippen LogP contribution in [-0.4, -0.2) is 16.7 Å². The maximum atomic E-state index is 11.8. The van der Waals surface area contributed by atoms with E-state index in [1.165, 1.54) is 11.8 Å². The third-order valence-corrected chi connectivity index (χ3v) is 3.57. The zero-order valence-electron chi connectivity index (χ0n) is 10.4. The molecule has 0 unspecified atom stereocenters. The minimum absolute atomic E-state index is 0.0152. The summed E-state index contributed by atoms with van der Waals surface area (Å²) in [5.41, 5.74) is 1.38. The largest absolute Gasteiger partial charge is 0.294 e. The molecule has 0 saturated heterocycles. The van der Waals surface area contributed by atoms with Crippen LogP contribution in [0.1, 0.15) is 27.1 Å². The van der Waals surface area contributed by atoms with E-state index in [-0.39, 0.29) is 10.9 Å². The highest BCUT2D eigenvalue weighted by atomic mass is 32.2. The third kappa shape index (κ3) is 4.07. The molecule has 0 aliphatic rings. The number of carbonyl (C=O) groups excluding carboxylic acids is 2. The van der Waals surface area contributed by atoms with Crippen molar-refractivity contribution in [1.82, 2.24) is 0 Å². The smallest absolute Gasteiger partial charge is 0.219 e. The fraction of sp³-hybridized carbons (Fsp3) is 0.125. The van der Waals surface area contributed by atoms with Crippen molar-refractivity contribution in [2.24, 2.45) is 0 Å². The average Bonchev–Trinajstić information content (AvgIpc) is 2.49. The van der Waals surface area contributed by atoms with E-state index in [0.29, 0.717) is 23.3 Å². The second kappa shape index (κ2) is 6.90. The van der Waals surface area contributed by atoms with E-state index in [4.69, 9.17) is 0 Å². The Balaban J connectivity index is 1.81. The van der Waals surface area contributed by atoms with E-state index >= 15 is 0 Å². The Hall–Kier alpha value is -1.87. The summed E-state index contributed by atoms with van der Waals surface area (Å²) in [5.74, 6) is 0.593. The van der Waals surface area contributed by atoms with Crippen molar-refractivity contribution in [3.8, 4) is 0 Å². The topological polar surface area (TPSA) is 34.1 Å². The van der Waals surface area contributed by atoms with Gasteiger partial charge in [-0.1, -0.05) is 72.4 Å². The van der Waals surface area contributed by atoms with Gasteiger partial charge in [-0.05, 0) is 0 Å². The fourth-order valence-electron chi connectivity index (χ4n) is 1.66. The normalized spacial score (nSPS) is 10.1. The Morgan fingerprint density at radius 1 is 0.789 bits per heavy atom. The standard InChI is InChI=1S/C16H14O2S/c17-15(13-7-3-1-4-8-13)11-12-19-16(18)14-9-5-2-6-10-14/h1-10H,11-12H2. The van der Waals surface area contributed by atoms with Gasteiger partial charge in [0.1, 0.15) is 0 Å². The first-order valence-corrected chi connectivity index (χ1v) is 7.06. The molecule has 0 bridgehead atoms. The minimum Gasteiger partial charge on any atom is -0.294 e. The third-order valence-electron chi connectivity index (χ3n) is 2.67. The van der Waals surface area contributed by atoms with Gasteiger partial charge in [-0.3, -0.25) is 9.59 Å². The maximum Gasteiger partial charge on any atom is 0.219 e. The molecule has 0 heterocycles. The molecule has 19 heavy (non-hydrogen) atoms. The first-order chi connectivity index (χ1) is 9.27. The van der Waals surface area contributed by atoms with Gasteiger partial charge in [0.2, 0.25) is 5.12 Å². The second-order valence-electron chi connectivity index (χ2n) is 4.04. The fourth-order valence-corrected chi connectivity index (χ4v) is 2.44. The van der Waals surface area contributed by atoms with Crippen molar-refractivity contribution in [3.63, 3.8) is 0 Å². The van der Waals surface area contributed by atoms with Gasteiger partial charge in [-0.15, -0.1) is 0 Å². The predicted molar refractivity (Wildman–Crippen MR) is 78.6 cm³/mol. The van der Waals surface area contributed by atoms with E-state index in [9.17, 15) is 9.59 Å². The number of Topliss-reactive ketones (excluding diaryl/α,β-unsaturated/α-hetero) is 1. The maximum absolute atomic E-state index is 11.8. The van der Waals surface area contributed by atoms with Crippen molar-refractivity contribution >= 4 is 22.7 Å². The highest BCUT2D eigenvalue weighted by Crippen LogP contribution is 2.14. The summed E-state index contributed by atoms with van der Waals surface area (Å²) in [5, 5.41) is 0.0152. The summed E-state index contributed by atoms with van der Waals surface area (Å²) < 4.78 is 0. The Morgan fingerprint density at radius 2 is 1.32 bits per heavy atom. The van der Waals surface area contributed by atoms with Gasteiger partial charge >= 0.3 is 0 Å². The molecular weight excluding hydrogens is 256 g/mol. The lowest BCUT2D eigenvalue weighted by Gasteiger charge is -2.01. The number of thioether (sulfide) groups is 1. The highest BCUT2D eigenvalue weighted by molar-refractivity contribution is 8.14. The van der Waals surface area contributed by atoms with Crippen molar-refractivity contribution in [2.75, 3.05) is 5.75 Å². The molecule has 0 spiro atoms. The van der Waals surface area contributed by atoms with Crippen LogP contribution in [0.3, 0.4) is 0 Å².